The lowest BCUT2D eigenvalue weighted by atomic mass is 9.97. The van der Waals surface area contributed by atoms with E-state index in [4.69, 9.17) is 4.99 Å². The smallest absolute Gasteiger partial charge is 0.0697 e. The summed E-state index contributed by atoms with van der Waals surface area (Å²) in [5, 5.41) is 3.59. The van der Waals surface area contributed by atoms with E-state index in [1.807, 2.05) is 0 Å². The summed E-state index contributed by atoms with van der Waals surface area (Å²) in [6.07, 6.45) is 8.22. The van der Waals surface area contributed by atoms with Crippen LogP contribution < -0.4 is 5.32 Å². The molecular formula is C20H30N2. The summed E-state index contributed by atoms with van der Waals surface area (Å²) in [6.45, 7) is 9.94. The first kappa shape index (κ1) is 16.8. The summed E-state index contributed by atoms with van der Waals surface area (Å²) in [7, 11) is 0. The Labute approximate surface area is 135 Å². The minimum atomic E-state index is 0.503. The normalized spacial score (nSPS) is 17.0. The van der Waals surface area contributed by atoms with Gasteiger partial charge in [0.1, 0.15) is 0 Å². The number of aryl methyl sites for hydroxylation is 1. The number of aliphatic imine (C=N–C) groups is 1. The third kappa shape index (κ3) is 4.22. The second kappa shape index (κ2) is 8.17. The van der Waals surface area contributed by atoms with E-state index in [0.29, 0.717) is 5.92 Å². The standard InChI is InChI=1S/C20H30N2/c1-5-6-14-21-18-12-7-8-13-19(18)22-20-16(4)10-9-11-17(20)15(2)3/h9-12,15,21H,5-8,13-14H2,1-4H3/b22-19+. The van der Waals surface area contributed by atoms with Crippen LogP contribution in [0.25, 0.3) is 0 Å². The number of para-hydroxylation sites is 1. The Morgan fingerprint density at radius 1 is 1.27 bits per heavy atom. The Hall–Kier alpha value is -1.57. The van der Waals surface area contributed by atoms with Gasteiger partial charge in [-0.25, -0.2) is 0 Å². The highest BCUT2D eigenvalue weighted by Crippen LogP contribution is 2.31. The number of hydrogen-bond donors (Lipinski definition) is 1. The van der Waals surface area contributed by atoms with Crippen molar-refractivity contribution < 1.29 is 0 Å². The Morgan fingerprint density at radius 2 is 2.09 bits per heavy atom. The molecule has 2 rings (SSSR count). The zero-order valence-electron chi connectivity index (χ0n) is 14.6. The summed E-state index contributed by atoms with van der Waals surface area (Å²) in [4.78, 5) is 5.08. The van der Waals surface area contributed by atoms with E-state index in [9.17, 15) is 0 Å². The van der Waals surface area contributed by atoms with Gasteiger partial charge < -0.3 is 5.32 Å². The second-order valence-electron chi connectivity index (χ2n) is 6.52. The molecule has 22 heavy (non-hydrogen) atoms. The summed E-state index contributed by atoms with van der Waals surface area (Å²) >= 11 is 0. The van der Waals surface area contributed by atoms with E-state index >= 15 is 0 Å². The van der Waals surface area contributed by atoms with Crippen LogP contribution in [0.2, 0.25) is 0 Å². The van der Waals surface area contributed by atoms with Crippen LogP contribution in [0.15, 0.2) is 35.0 Å². The molecule has 2 heteroatoms. The van der Waals surface area contributed by atoms with Crippen molar-refractivity contribution >= 4 is 11.4 Å². The number of allylic oxidation sites excluding steroid dienone is 2. The molecule has 1 aromatic carbocycles. The first-order valence-corrected chi connectivity index (χ1v) is 8.75. The molecule has 0 aliphatic heterocycles. The molecule has 1 aromatic rings. The lowest BCUT2D eigenvalue weighted by molar-refractivity contribution is 0.709. The Balaban J connectivity index is 2.30. The van der Waals surface area contributed by atoms with E-state index in [-0.39, 0.29) is 0 Å². The minimum absolute atomic E-state index is 0.503. The van der Waals surface area contributed by atoms with Crippen LogP contribution in [-0.4, -0.2) is 12.3 Å². The van der Waals surface area contributed by atoms with Gasteiger partial charge in [0.05, 0.1) is 17.1 Å². The number of nitrogens with zero attached hydrogens (tertiary/aromatic N) is 1. The van der Waals surface area contributed by atoms with Crippen molar-refractivity contribution in [1.29, 1.82) is 0 Å². The van der Waals surface area contributed by atoms with Crippen molar-refractivity contribution in [3.8, 4) is 0 Å². The lowest BCUT2D eigenvalue weighted by Gasteiger charge is -2.19. The third-order valence-electron chi connectivity index (χ3n) is 4.26. The first-order chi connectivity index (χ1) is 10.6. The Kier molecular flexibility index (Phi) is 6.23. The molecule has 0 heterocycles. The van der Waals surface area contributed by atoms with Crippen LogP contribution in [0, 0.1) is 6.92 Å². The van der Waals surface area contributed by atoms with Crippen molar-refractivity contribution in [2.45, 2.75) is 65.7 Å². The molecule has 0 fully saturated rings. The van der Waals surface area contributed by atoms with Gasteiger partial charge in [-0.1, -0.05) is 51.5 Å². The van der Waals surface area contributed by atoms with Crippen molar-refractivity contribution in [2.24, 2.45) is 4.99 Å². The van der Waals surface area contributed by atoms with Crippen molar-refractivity contribution in [2.75, 3.05) is 6.54 Å². The zero-order valence-corrected chi connectivity index (χ0v) is 14.6. The molecule has 0 radical (unpaired) electrons. The number of benzene rings is 1. The van der Waals surface area contributed by atoms with E-state index in [1.165, 1.54) is 47.5 Å². The molecule has 0 atom stereocenters. The number of nitrogens with one attached hydrogen (secondary N) is 1. The summed E-state index contributed by atoms with van der Waals surface area (Å²) in [5.74, 6) is 0.503. The summed E-state index contributed by atoms with van der Waals surface area (Å²) in [6, 6.07) is 6.53. The molecule has 0 amide bonds. The molecule has 0 bridgehead atoms. The number of unbranched alkanes of at least 4 members (excludes halogenated alkanes) is 1. The molecular weight excluding hydrogens is 268 g/mol. The highest BCUT2D eigenvalue weighted by atomic mass is 14.9. The predicted molar refractivity (Wildman–Crippen MR) is 97.2 cm³/mol. The topological polar surface area (TPSA) is 24.4 Å². The highest BCUT2D eigenvalue weighted by molar-refractivity contribution is 6.02. The fourth-order valence-corrected chi connectivity index (χ4v) is 2.89. The van der Waals surface area contributed by atoms with Gasteiger partial charge in [0.25, 0.3) is 0 Å². The van der Waals surface area contributed by atoms with Crippen LogP contribution in [0.5, 0.6) is 0 Å². The van der Waals surface area contributed by atoms with Crippen molar-refractivity contribution in [3.63, 3.8) is 0 Å². The molecule has 1 N–H and O–H groups in total. The second-order valence-corrected chi connectivity index (χ2v) is 6.52. The monoisotopic (exact) mass is 298 g/mol. The van der Waals surface area contributed by atoms with Crippen LogP contribution >= 0.6 is 0 Å². The van der Waals surface area contributed by atoms with Gasteiger partial charge in [-0.3, -0.25) is 4.99 Å². The average Bonchev–Trinajstić information content (AvgIpc) is 2.51. The average molecular weight is 298 g/mol. The Morgan fingerprint density at radius 3 is 2.82 bits per heavy atom. The molecule has 120 valence electrons. The molecule has 1 aliphatic carbocycles. The lowest BCUT2D eigenvalue weighted by Crippen LogP contribution is -2.23. The fourth-order valence-electron chi connectivity index (χ4n) is 2.89. The Bertz CT molecular complexity index is 553. The van der Waals surface area contributed by atoms with Gasteiger partial charge in [0.15, 0.2) is 0 Å². The number of hydrogen-bond acceptors (Lipinski definition) is 2. The van der Waals surface area contributed by atoms with E-state index < -0.39 is 0 Å². The maximum absolute atomic E-state index is 5.08. The number of rotatable bonds is 6. The summed E-state index contributed by atoms with van der Waals surface area (Å²) in [5.41, 5.74) is 6.30. The largest absolute Gasteiger partial charge is 0.384 e. The van der Waals surface area contributed by atoms with Gasteiger partial charge in [0.2, 0.25) is 0 Å². The van der Waals surface area contributed by atoms with Gasteiger partial charge in [-0.05, 0) is 49.7 Å². The predicted octanol–water partition coefficient (Wildman–Crippen LogP) is 5.65. The molecule has 0 spiro atoms. The highest BCUT2D eigenvalue weighted by Gasteiger charge is 2.14. The maximum atomic E-state index is 5.08. The molecule has 0 aromatic heterocycles. The van der Waals surface area contributed by atoms with Gasteiger partial charge >= 0.3 is 0 Å². The van der Waals surface area contributed by atoms with Crippen molar-refractivity contribution in [1.82, 2.24) is 5.32 Å². The molecule has 1 aliphatic rings. The van der Waals surface area contributed by atoms with Crippen molar-refractivity contribution in [3.05, 3.63) is 41.1 Å². The van der Waals surface area contributed by atoms with Gasteiger partial charge in [-0.2, -0.15) is 0 Å². The van der Waals surface area contributed by atoms with Gasteiger partial charge in [0, 0.05) is 6.54 Å². The van der Waals surface area contributed by atoms with E-state index in [1.54, 1.807) is 0 Å². The fraction of sp³-hybridized carbons (Fsp3) is 0.550. The van der Waals surface area contributed by atoms with Crippen LogP contribution in [0.4, 0.5) is 5.69 Å². The first-order valence-electron chi connectivity index (χ1n) is 8.75. The third-order valence-corrected chi connectivity index (χ3v) is 4.26. The van der Waals surface area contributed by atoms with Gasteiger partial charge in [-0.15, -0.1) is 0 Å². The van der Waals surface area contributed by atoms with Crippen LogP contribution in [-0.2, 0) is 0 Å². The van der Waals surface area contributed by atoms with Crippen LogP contribution in [0.3, 0.4) is 0 Å². The van der Waals surface area contributed by atoms with Crippen LogP contribution in [0.1, 0.15) is 69.9 Å². The summed E-state index contributed by atoms with van der Waals surface area (Å²) < 4.78 is 0. The van der Waals surface area contributed by atoms with E-state index in [2.05, 4.69) is 57.3 Å². The molecule has 0 saturated heterocycles. The van der Waals surface area contributed by atoms with E-state index in [0.717, 1.165) is 19.4 Å². The molecule has 0 saturated carbocycles. The molecule has 0 unspecified atom stereocenters. The minimum Gasteiger partial charge on any atom is -0.384 e. The zero-order chi connectivity index (χ0) is 15.9. The quantitative estimate of drug-likeness (QED) is 0.674. The SMILES string of the molecule is CCCCNC1=CCCC/C1=N\c1c(C)cccc1C(C)C. The molecule has 2 nitrogen and oxygen atoms in total. The maximum Gasteiger partial charge on any atom is 0.0697 e.